The van der Waals surface area contributed by atoms with Crippen molar-refractivity contribution >= 4 is 38.4 Å². The minimum atomic E-state index is 0.192. The van der Waals surface area contributed by atoms with Gasteiger partial charge < -0.3 is 14.6 Å². The molecule has 38 heavy (non-hydrogen) atoms. The van der Waals surface area contributed by atoms with Crippen LogP contribution in [0.4, 0.5) is 0 Å². The molecule has 3 nitrogen and oxygen atoms in total. The van der Waals surface area contributed by atoms with Gasteiger partial charge in [-0.1, -0.05) is 91.0 Å². The van der Waals surface area contributed by atoms with E-state index in [1.54, 1.807) is 0 Å². The molecule has 8 rings (SSSR count). The second-order valence-corrected chi connectivity index (χ2v) is 9.91. The molecule has 0 saturated carbocycles. The first kappa shape index (κ1) is 21.1. The average molecular weight is 489 g/mol. The molecule has 0 aliphatic carbocycles. The van der Waals surface area contributed by atoms with E-state index in [0.717, 1.165) is 33.0 Å². The number of para-hydroxylation sites is 1. The largest absolute Gasteiger partial charge is 0.455 e. The molecule has 2 aliphatic rings. The molecule has 3 heteroatoms. The predicted molar refractivity (Wildman–Crippen MR) is 157 cm³/mol. The first-order valence-electron chi connectivity index (χ1n) is 13.0. The Balaban J connectivity index is 1.19. The highest BCUT2D eigenvalue weighted by atomic mass is 16.3. The molecule has 6 aromatic rings. The summed E-state index contributed by atoms with van der Waals surface area (Å²) in [6.07, 6.45) is 10.8. The molecule has 0 saturated heterocycles. The summed E-state index contributed by atoms with van der Waals surface area (Å²) >= 11 is 0. The fourth-order valence-corrected chi connectivity index (χ4v) is 5.75. The van der Waals surface area contributed by atoms with E-state index in [4.69, 9.17) is 4.42 Å². The first-order valence-corrected chi connectivity index (χ1v) is 13.0. The number of hydrogen-bond donors (Lipinski definition) is 1. The maximum Gasteiger partial charge on any atom is 0.143 e. The van der Waals surface area contributed by atoms with Crippen molar-refractivity contribution < 1.29 is 4.42 Å². The smallest absolute Gasteiger partial charge is 0.143 e. The third kappa shape index (κ3) is 3.29. The summed E-state index contributed by atoms with van der Waals surface area (Å²) in [7, 11) is 0. The van der Waals surface area contributed by atoms with Gasteiger partial charge in [0.1, 0.15) is 17.3 Å². The van der Waals surface area contributed by atoms with Crippen molar-refractivity contribution in [1.82, 2.24) is 10.2 Å². The SMILES string of the molecule is C1=CC2NC(c3cccc(-c4ccc(-c5cc6c7ccccc7oc6c6ccccc56)cc4)c3)=CN2C=C1. The maximum absolute atomic E-state index is 6.30. The highest BCUT2D eigenvalue weighted by Gasteiger charge is 2.22. The Labute approximate surface area is 220 Å². The van der Waals surface area contributed by atoms with Gasteiger partial charge in [-0.25, -0.2) is 0 Å². The molecule has 5 aromatic carbocycles. The van der Waals surface area contributed by atoms with Gasteiger partial charge in [-0.2, -0.15) is 0 Å². The van der Waals surface area contributed by atoms with Gasteiger partial charge in [0, 0.05) is 28.6 Å². The van der Waals surface area contributed by atoms with Gasteiger partial charge in [0.15, 0.2) is 0 Å². The van der Waals surface area contributed by atoms with Crippen LogP contribution in [0.5, 0.6) is 0 Å². The van der Waals surface area contributed by atoms with Crippen LogP contribution in [0.15, 0.2) is 138 Å². The summed E-state index contributed by atoms with van der Waals surface area (Å²) in [5, 5.41) is 8.26. The second-order valence-electron chi connectivity index (χ2n) is 9.91. The molecule has 180 valence electrons. The molecule has 0 bridgehead atoms. The number of rotatable bonds is 3. The van der Waals surface area contributed by atoms with E-state index in [0.29, 0.717) is 0 Å². The van der Waals surface area contributed by atoms with Gasteiger partial charge in [0.25, 0.3) is 0 Å². The number of allylic oxidation sites excluding steroid dienone is 2. The van der Waals surface area contributed by atoms with E-state index in [2.05, 4.69) is 132 Å². The third-order valence-corrected chi connectivity index (χ3v) is 7.65. The van der Waals surface area contributed by atoms with Crippen molar-refractivity contribution in [2.45, 2.75) is 6.17 Å². The van der Waals surface area contributed by atoms with E-state index < -0.39 is 0 Å². The van der Waals surface area contributed by atoms with Gasteiger partial charge in [0.05, 0.1) is 5.70 Å². The Kier molecular flexibility index (Phi) is 4.58. The van der Waals surface area contributed by atoms with E-state index in [9.17, 15) is 0 Å². The Morgan fingerprint density at radius 2 is 1.37 bits per heavy atom. The monoisotopic (exact) mass is 488 g/mol. The average Bonchev–Trinajstić information content (AvgIpc) is 3.59. The Morgan fingerprint density at radius 3 is 2.24 bits per heavy atom. The third-order valence-electron chi connectivity index (χ3n) is 7.65. The Bertz CT molecular complexity index is 1960. The summed E-state index contributed by atoms with van der Waals surface area (Å²) < 4.78 is 6.30. The Morgan fingerprint density at radius 1 is 0.605 bits per heavy atom. The molecular weight excluding hydrogens is 464 g/mol. The second kappa shape index (κ2) is 8.25. The maximum atomic E-state index is 6.30. The number of nitrogens with one attached hydrogen (secondary N) is 1. The van der Waals surface area contributed by atoms with Gasteiger partial charge in [0.2, 0.25) is 0 Å². The molecular formula is C35H24N2O. The topological polar surface area (TPSA) is 28.4 Å². The van der Waals surface area contributed by atoms with Crippen LogP contribution in [-0.2, 0) is 0 Å². The lowest BCUT2D eigenvalue weighted by Gasteiger charge is -2.20. The van der Waals surface area contributed by atoms with Crippen LogP contribution in [-0.4, -0.2) is 11.1 Å². The molecule has 0 amide bonds. The highest BCUT2D eigenvalue weighted by Crippen LogP contribution is 2.40. The van der Waals surface area contributed by atoms with Crippen LogP contribution in [0.3, 0.4) is 0 Å². The van der Waals surface area contributed by atoms with Gasteiger partial charge in [-0.3, -0.25) is 0 Å². The number of nitrogens with zero attached hydrogens (tertiary/aromatic N) is 1. The van der Waals surface area contributed by atoms with Gasteiger partial charge in [-0.15, -0.1) is 0 Å². The van der Waals surface area contributed by atoms with E-state index in [-0.39, 0.29) is 6.17 Å². The van der Waals surface area contributed by atoms with Crippen molar-refractivity contribution in [3.05, 3.63) is 139 Å². The highest BCUT2D eigenvalue weighted by molar-refractivity contribution is 6.19. The quantitative estimate of drug-likeness (QED) is 0.270. The minimum Gasteiger partial charge on any atom is -0.455 e. The zero-order valence-electron chi connectivity index (χ0n) is 20.6. The number of furan rings is 1. The van der Waals surface area contributed by atoms with Crippen LogP contribution in [0, 0.1) is 0 Å². The standard InChI is InChI=1S/C35H24N2O/c1-2-12-29-27(10-1)30(21-31-28-11-3-4-13-33(28)38-35(29)31)24-17-15-23(16-18-24)25-8-7-9-26(20-25)32-22-37-19-6-5-14-34(37)36-32/h1-22,34,36H. The molecule has 1 unspecified atom stereocenters. The fraction of sp³-hybridized carbons (Fsp3) is 0.0286. The predicted octanol–water partition coefficient (Wildman–Crippen LogP) is 8.69. The summed E-state index contributed by atoms with van der Waals surface area (Å²) in [6.45, 7) is 0. The number of fused-ring (bicyclic) bond motifs is 6. The van der Waals surface area contributed by atoms with Gasteiger partial charge in [-0.05, 0) is 63.6 Å². The van der Waals surface area contributed by atoms with E-state index >= 15 is 0 Å². The van der Waals surface area contributed by atoms with E-state index in [1.165, 1.54) is 33.2 Å². The lowest BCUT2D eigenvalue weighted by Crippen LogP contribution is -2.31. The van der Waals surface area contributed by atoms with Crippen LogP contribution in [0.25, 0.3) is 60.7 Å². The van der Waals surface area contributed by atoms with E-state index in [1.807, 2.05) is 12.1 Å². The number of hydrogen-bond acceptors (Lipinski definition) is 3. The number of benzene rings is 5. The molecule has 1 atom stereocenters. The van der Waals surface area contributed by atoms with Crippen LogP contribution in [0.1, 0.15) is 5.56 Å². The molecule has 3 heterocycles. The molecule has 2 aliphatic heterocycles. The van der Waals surface area contributed by atoms with Crippen molar-refractivity contribution in [1.29, 1.82) is 0 Å². The summed E-state index contributed by atoms with van der Waals surface area (Å²) in [5.41, 5.74) is 9.02. The minimum absolute atomic E-state index is 0.192. The van der Waals surface area contributed by atoms with Crippen molar-refractivity contribution in [3.8, 4) is 22.3 Å². The van der Waals surface area contributed by atoms with Crippen molar-refractivity contribution in [2.24, 2.45) is 0 Å². The molecule has 0 radical (unpaired) electrons. The van der Waals surface area contributed by atoms with Gasteiger partial charge >= 0.3 is 0 Å². The summed E-state index contributed by atoms with van der Waals surface area (Å²) in [4.78, 5) is 2.20. The van der Waals surface area contributed by atoms with Crippen LogP contribution in [0.2, 0.25) is 0 Å². The molecule has 1 N–H and O–H groups in total. The normalized spacial score (nSPS) is 16.3. The summed E-state index contributed by atoms with van der Waals surface area (Å²) in [6, 6.07) is 36.8. The van der Waals surface area contributed by atoms with Crippen molar-refractivity contribution in [2.75, 3.05) is 0 Å². The van der Waals surface area contributed by atoms with Crippen LogP contribution >= 0.6 is 0 Å². The molecule has 1 aromatic heterocycles. The zero-order chi connectivity index (χ0) is 25.1. The lowest BCUT2D eigenvalue weighted by atomic mass is 9.94. The van der Waals surface area contributed by atoms with Crippen LogP contribution < -0.4 is 5.32 Å². The zero-order valence-corrected chi connectivity index (χ0v) is 20.6. The summed E-state index contributed by atoms with van der Waals surface area (Å²) in [5.74, 6) is 0. The first-order chi connectivity index (χ1) is 18.8. The lowest BCUT2D eigenvalue weighted by molar-refractivity contribution is 0.427. The molecule has 0 fully saturated rings. The molecule has 0 spiro atoms. The van der Waals surface area contributed by atoms with Crippen molar-refractivity contribution in [3.63, 3.8) is 0 Å². The fourth-order valence-electron chi connectivity index (χ4n) is 5.75. The Hall–Kier alpha value is -5.02.